The highest BCUT2D eigenvalue weighted by Gasteiger charge is 2.03. The van der Waals surface area contributed by atoms with Gasteiger partial charge in [-0.2, -0.15) is 0 Å². The van der Waals surface area contributed by atoms with Gasteiger partial charge in [0.05, 0.1) is 0 Å². The third-order valence-corrected chi connectivity index (χ3v) is 2.56. The number of nitrogen functional groups attached to an aromatic ring is 1. The fourth-order valence-corrected chi connectivity index (χ4v) is 1.52. The summed E-state index contributed by atoms with van der Waals surface area (Å²) in [5.74, 6) is 0.0788. The predicted molar refractivity (Wildman–Crippen MR) is 78.0 cm³/mol. The molecule has 1 amide bonds. The van der Waals surface area contributed by atoms with Gasteiger partial charge in [-0.1, -0.05) is 18.2 Å². The van der Waals surface area contributed by atoms with Crippen molar-refractivity contribution < 1.29 is 4.79 Å². The van der Waals surface area contributed by atoms with E-state index in [1.807, 2.05) is 43.3 Å². The monoisotopic (exact) mass is 271 g/mol. The van der Waals surface area contributed by atoms with Crippen molar-refractivity contribution in [3.8, 4) is 0 Å². The van der Waals surface area contributed by atoms with Crippen LogP contribution in [0.3, 0.4) is 0 Å². The topological polar surface area (TPSA) is 58.4 Å². The molecule has 0 spiro atoms. The van der Waals surface area contributed by atoms with Crippen molar-refractivity contribution in [2.24, 2.45) is 0 Å². The molecule has 1 aromatic rings. The normalized spacial score (nSPS) is 9.94. The van der Waals surface area contributed by atoms with Gasteiger partial charge in [-0.05, 0) is 32.1 Å². The number of aryl methyl sites for hydroxylation is 1. The molecule has 18 heavy (non-hydrogen) atoms. The highest BCUT2D eigenvalue weighted by atomic mass is 35.5. The number of para-hydroxylation sites is 1. The summed E-state index contributed by atoms with van der Waals surface area (Å²) in [4.78, 5) is 13.6. The van der Waals surface area contributed by atoms with E-state index in [1.54, 1.807) is 0 Å². The molecule has 0 atom stereocenters. The molecular formula is C13H22ClN3O. The van der Waals surface area contributed by atoms with E-state index in [4.69, 9.17) is 5.73 Å². The maximum Gasteiger partial charge on any atom is 0.220 e. The Balaban J connectivity index is 0.00000289. The number of anilines is 1. The number of halogens is 1. The average molecular weight is 272 g/mol. The molecule has 0 radical (unpaired) electrons. The standard InChI is InChI=1S/C13H21N3O.ClH/c1-16(2)10-9-15-13(17)8-7-11-5-3-4-6-12(11)14;/h3-6H,7-10,14H2,1-2H3,(H,15,17);1H. The van der Waals surface area contributed by atoms with Gasteiger partial charge in [0, 0.05) is 25.2 Å². The number of likely N-dealkylation sites (N-methyl/N-ethyl adjacent to an activating group) is 1. The van der Waals surface area contributed by atoms with Crippen LogP contribution < -0.4 is 11.1 Å². The van der Waals surface area contributed by atoms with E-state index in [1.165, 1.54) is 0 Å². The first-order chi connectivity index (χ1) is 8.09. The van der Waals surface area contributed by atoms with E-state index in [2.05, 4.69) is 5.32 Å². The summed E-state index contributed by atoms with van der Waals surface area (Å²) >= 11 is 0. The van der Waals surface area contributed by atoms with Crippen LogP contribution in [0.25, 0.3) is 0 Å². The molecule has 0 bridgehead atoms. The third kappa shape index (κ3) is 6.47. The number of hydrogen-bond acceptors (Lipinski definition) is 3. The van der Waals surface area contributed by atoms with Crippen LogP contribution in [-0.4, -0.2) is 38.0 Å². The number of hydrogen-bond donors (Lipinski definition) is 2. The molecule has 0 saturated heterocycles. The first kappa shape index (κ1) is 16.7. The molecule has 0 heterocycles. The molecule has 0 aliphatic rings. The lowest BCUT2D eigenvalue weighted by atomic mass is 10.1. The summed E-state index contributed by atoms with van der Waals surface area (Å²) in [7, 11) is 3.97. The minimum atomic E-state index is 0. The zero-order valence-corrected chi connectivity index (χ0v) is 11.8. The summed E-state index contributed by atoms with van der Waals surface area (Å²) in [6.45, 7) is 1.55. The average Bonchev–Trinajstić information content (AvgIpc) is 2.27. The van der Waals surface area contributed by atoms with Crippen molar-refractivity contribution in [1.82, 2.24) is 10.2 Å². The first-order valence-corrected chi connectivity index (χ1v) is 5.84. The lowest BCUT2D eigenvalue weighted by molar-refractivity contribution is -0.121. The molecule has 1 rings (SSSR count). The number of rotatable bonds is 6. The zero-order chi connectivity index (χ0) is 12.7. The molecule has 4 nitrogen and oxygen atoms in total. The molecule has 0 aliphatic heterocycles. The van der Waals surface area contributed by atoms with Gasteiger partial charge in [0.1, 0.15) is 0 Å². The Bertz CT molecular complexity index is 369. The van der Waals surface area contributed by atoms with Crippen LogP contribution in [0.5, 0.6) is 0 Å². The second-order valence-corrected chi connectivity index (χ2v) is 4.35. The molecular weight excluding hydrogens is 250 g/mol. The Morgan fingerprint density at radius 2 is 2.00 bits per heavy atom. The molecule has 0 aromatic heterocycles. The molecule has 102 valence electrons. The highest BCUT2D eigenvalue weighted by molar-refractivity contribution is 5.85. The molecule has 5 heteroatoms. The predicted octanol–water partition coefficient (Wildman–Crippen LogP) is 1.30. The second kappa shape index (κ2) is 8.78. The Labute approximate surface area is 115 Å². The number of amides is 1. The van der Waals surface area contributed by atoms with E-state index in [0.717, 1.165) is 17.8 Å². The van der Waals surface area contributed by atoms with E-state index in [0.29, 0.717) is 19.4 Å². The summed E-state index contributed by atoms with van der Waals surface area (Å²) in [5, 5.41) is 2.88. The van der Waals surface area contributed by atoms with Crippen LogP contribution in [0.15, 0.2) is 24.3 Å². The zero-order valence-electron chi connectivity index (χ0n) is 11.0. The Kier molecular flexibility index (Phi) is 8.16. The lowest BCUT2D eigenvalue weighted by Gasteiger charge is -2.10. The Hall–Kier alpha value is -1.26. The largest absolute Gasteiger partial charge is 0.399 e. The van der Waals surface area contributed by atoms with Crippen LogP contribution in [-0.2, 0) is 11.2 Å². The van der Waals surface area contributed by atoms with Crippen LogP contribution in [0.2, 0.25) is 0 Å². The first-order valence-electron chi connectivity index (χ1n) is 5.84. The SMILES string of the molecule is CN(C)CCNC(=O)CCc1ccccc1N.Cl. The quantitative estimate of drug-likeness (QED) is 0.767. The summed E-state index contributed by atoms with van der Waals surface area (Å²) in [6.07, 6.45) is 1.18. The Morgan fingerprint density at radius 1 is 1.33 bits per heavy atom. The minimum absolute atomic E-state index is 0. The van der Waals surface area contributed by atoms with Crippen molar-refractivity contribution in [3.63, 3.8) is 0 Å². The van der Waals surface area contributed by atoms with Crippen molar-refractivity contribution in [1.29, 1.82) is 0 Å². The fraction of sp³-hybridized carbons (Fsp3) is 0.462. The summed E-state index contributed by atoms with van der Waals surface area (Å²) < 4.78 is 0. The Morgan fingerprint density at radius 3 is 2.61 bits per heavy atom. The molecule has 1 aromatic carbocycles. The number of carbonyl (C=O) groups excluding carboxylic acids is 1. The number of nitrogens with two attached hydrogens (primary N) is 1. The maximum absolute atomic E-state index is 11.5. The smallest absolute Gasteiger partial charge is 0.220 e. The van der Waals surface area contributed by atoms with Gasteiger partial charge in [-0.15, -0.1) is 12.4 Å². The van der Waals surface area contributed by atoms with E-state index in [9.17, 15) is 4.79 Å². The van der Waals surface area contributed by atoms with Crippen LogP contribution >= 0.6 is 12.4 Å². The number of nitrogens with zero attached hydrogens (tertiary/aromatic N) is 1. The van der Waals surface area contributed by atoms with Gasteiger partial charge < -0.3 is 16.0 Å². The van der Waals surface area contributed by atoms with Gasteiger partial charge >= 0.3 is 0 Å². The van der Waals surface area contributed by atoms with Gasteiger partial charge in [0.25, 0.3) is 0 Å². The second-order valence-electron chi connectivity index (χ2n) is 4.35. The number of benzene rings is 1. The lowest BCUT2D eigenvalue weighted by Crippen LogP contribution is -2.31. The summed E-state index contributed by atoms with van der Waals surface area (Å²) in [6, 6.07) is 7.66. The maximum atomic E-state index is 11.5. The van der Waals surface area contributed by atoms with Crippen molar-refractivity contribution in [3.05, 3.63) is 29.8 Å². The van der Waals surface area contributed by atoms with Gasteiger partial charge in [-0.25, -0.2) is 0 Å². The van der Waals surface area contributed by atoms with Crippen molar-refractivity contribution >= 4 is 24.0 Å². The molecule has 0 saturated carbocycles. The molecule has 0 unspecified atom stereocenters. The van der Waals surface area contributed by atoms with E-state index >= 15 is 0 Å². The van der Waals surface area contributed by atoms with Crippen molar-refractivity contribution in [2.45, 2.75) is 12.8 Å². The van der Waals surface area contributed by atoms with E-state index < -0.39 is 0 Å². The van der Waals surface area contributed by atoms with Gasteiger partial charge in [0.2, 0.25) is 5.91 Å². The molecule has 3 N–H and O–H groups in total. The molecule has 0 fully saturated rings. The fourth-order valence-electron chi connectivity index (χ4n) is 1.52. The highest BCUT2D eigenvalue weighted by Crippen LogP contribution is 2.12. The van der Waals surface area contributed by atoms with Crippen LogP contribution in [0.4, 0.5) is 5.69 Å². The third-order valence-electron chi connectivity index (χ3n) is 2.56. The van der Waals surface area contributed by atoms with Gasteiger partial charge in [-0.3, -0.25) is 4.79 Å². The van der Waals surface area contributed by atoms with Gasteiger partial charge in [0.15, 0.2) is 0 Å². The van der Waals surface area contributed by atoms with Crippen molar-refractivity contribution in [2.75, 3.05) is 32.9 Å². The number of carbonyl (C=O) groups is 1. The van der Waals surface area contributed by atoms with Crippen LogP contribution in [0.1, 0.15) is 12.0 Å². The van der Waals surface area contributed by atoms with Crippen LogP contribution in [0, 0.1) is 0 Å². The number of nitrogens with one attached hydrogen (secondary N) is 1. The summed E-state index contributed by atoms with van der Waals surface area (Å²) in [5.41, 5.74) is 7.60. The van der Waals surface area contributed by atoms with E-state index in [-0.39, 0.29) is 18.3 Å². The minimum Gasteiger partial charge on any atom is -0.399 e. The molecule has 0 aliphatic carbocycles.